The molecule has 1 unspecified atom stereocenters. The smallest absolute Gasteiger partial charge is 0.0590 e. The molecule has 0 radical (unpaired) electrons. The zero-order chi connectivity index (χ0) is 13.2. The van der Waals surface area contributed by atoms with Crippen LogP contribution in [0.4, 0.5) is 0 Å². The molecule has 0 aliphatic heterocycles. The van der Waals surface area contributed by atoms with Crippen LogP contribution in [-0.4, -0.2) is 12.0 Å². The molecular weight excluding hydrogens is 300 g/mol. The lowest BCUT2D eigenvalue weighted by Crippen LogP contribution is -2.18. The monoisotopic (exact) mass is 316 g/mol. The Labute approximate surface area is 122 Å². The van der Waals surface area contributed by atoms with Crippen LogP contribution in [0.2, 0.25) is 0 Å². The minimum Gasteiger partial charge on any atom is -0.309 e. The number of aromatic nitrogens is 1. The van der Waals surface area contributed by atoms with Crippen molar-refractivity contribution in [2.24, 2.45) is 0 Å². The van der Waals surface area contributed by atoms with Gasteiger partial charge in [-0.3, -0.25) is 4.98 Å². The van der Waals surface area contributed by atoms with E-state index in [4.69, 9.17) is 0 Å². The molecule has 98 valence electrons. The van der Waals surface area contributed by atoms with Gasteiger partial charge in [-0.1, -0.05) is 18.2 Å². The van der Waals surface area contributed by atoms with Gasteiger partial charge in [0.2, 0.25) is 0 Å². The zero-order valence-electron chi connectivity index (χ0n) is 11.0. The summed E-state index contributed by atoms with van der Waals surface area (Å²) in [6, 6.07) is 9.21. The fourth-order valence-corrected chi connectivity index (χ4v) is 3.27. The summed E-state index contributed by atoms with van der Waals surface area (Å²) in [5.41, 5.74) is 5.55. The van der Waals surface area contributed by atoms with Crippen LogP contribution in [0.1, 0.15) is 34.7 Å². The molecule has 1 aromatic carbocycles. The van der Waals surface area contributed by atoms with Gasteiger partial charge in [-0.15, -0.1) is 0 Å². The molecule has 0 saturated heterocycles. The maximum absolute atomic E-state index is 4.26. The van der Waals surface area contributed by atoms with E-state index in [2.05, 4.69) is 50.5 Å². The number of aryl methyl sites for hydroxylation is 2. The Hall–Kier alpha value is -1.19. The van der Waals surface area contributed by atoms with E-state index in [0.29, 0.717) is 0 Å². The van der Waals surface area contributed by atoms with E-state index in [9.17, 15) is 0 Å². The second-order valence-electron chi connectivity index (χ2n) is 5.04. The predicted octanol–water partition coefficient (Wildman–Crippen LogP) is 3.64. The molecule has 1 aromatic heterocycles. The maximum atomic E-state index is 4.26. The molecule has 3 rings (SSSR count). The van der Waals surface area contributed by atoms with Gasteiger partial charge < -0.3 is 5.32 Å². The average molecular weight is 317 g/mol. The normalized spacial score (nSPS) is 15.3. The summed E-state index contributed by atoms with van der Waals surface area (Å²) in [4.78, 5) is 4.26. The van der Waals surface area contributed by atoms with Crippen molar-refractivity contribution in [1.82, 2.24) is 10.3 Å². The third-order valence-electron chi connectivity index (χ3n) is 3.80. The van der Waals surface area contributed by atoms with E-state index >= 15 is 0 Å². The molecule has 2 aromatic rings. The molecule has 0 bridgehead atoms. The second-order valence-corrected chi connectivity index (χ2v) is 5.96. The Morgan fingerprint density at radius 3 is 2.74 bits per heavy atom. The standard InChI is InChI=1S/C16H17BrN2/c1-18-16(14-8-15(17)10-19-9-14)13-6-5-11-3-2-4-12(11)7-13/h5-10,16,18H,2-4H2,1H3. The molecule has 1 heterocycles. The molecule has 1 N–H and O–H groups in total. The number of fused-ring (bicyclic) bond motifs is 1. The average Bonchev–Trinajstić information content (AvgIpc) is 2.87. The van der Waals surface area contributed by atoms with Gasteiger partial charge in [-0.2, -0.15) is 0 Å². The van der Waals surface area contributed by atoms with Gasteiger partial charge in [-0.05, 0) is 70.6 Å². The first kappa shape index (κ1) is 12.8. The van der Waals surface area contributed by atoms with Crippen LogP contribution in [0, 0.1) is 0 Å². The van der Waals surface area contributed by atoms with Crippen molar-refractivity contribution in [2.45, 2.75) is 25.3 Å². The third-order valence-corrected chi connectivity index (χ3v) is 4.24. The van der Waals surface area contributed by atoms with Gasteiger partial charge in [0.15, 0.2) is 0 Å². The molecule has 1 atom stereocenters. The van der Waals surface area contributed by atoms with Crippen molar-refractivity contribution in [3.63, 3.8) is 0 Å². The summed E-state index contributed by atoms with van der Waals surface area (Å²) >= 11 is 3.49. The molecule has 1 aliphatic rings. The zero-order valence-corrected chi connectivity index (χ0v) is 12.6. The quantitative estimate of drug-likeness (QED) is 0.935. The molecule has 0 amide bonds. The highest BCUT2D eigenvalue weighted by molar-refractivity contribution is 9.10. The van der Waals surface area contributed by atoms with Gasteiger partial charge in [0.25, 0.3) is 0 Å². The lowest BCUT2D eigenvalue weighted by atomic mass is 9.97. The summed E-state index contributed by atoms with van der Waals surface area (Å²) in [6.07, 6.45) is 7.49. The van der Waals surface area contributed by atoms with Crippen LogP contribution in [0.5, 0.6) is 0 Å². The highest BCUT2D eigenvalue weighted by Gasteiger charge is 2.16. The number of hydrogen-bond donors (Lipinski definition) is 1. The maximum Gasteiger partial charge on any atom is 0.0590 e. The van der Waals surface area contributed by atoms with Gasteiger partial charge in [0.05, 0.1) is 6.04 Å². The summed E-state index contributed by atoms with van der Waals surface area (Å²) in [5, 5.41) is 3.39. The van der Waals surface area contributed by atoms with Crippen molar-refractivity contribution >= 4 is 15.9 Å². The molecule has 0 spiro atoms. The number of nitrogens with one attached hydrogen (secondary N) is 1. The van der Waals surface area contributed by atoms with Crippen LogP contribution in [-0.2, 0) is 12.8 Å². The Morgan fingerprint density at radius 2 is 1.95 bits per heavy atom. The minimum atomic E-state index is 0.205. The van der Waals surface area contributed by atoms with Crippen LogP contribution in [0.15, 0.2) is 41.1 Å². The van der Waals surface area contributed by atoms with E-state index in [-0.39, 0.29) is 6.04 Å². The first-order valence-electron chi connectivity index (χ1n) is 6.67. The summed E-state index contributed by atoms with van der Waals surface area (Å²) in [5.74, 6) is 0. The molecule has 3 heteroatoms. The fourth-order valence-electron chi connectivity index (χ4n) is 2.88. The van der Waals surface area contributed by atoms with Crippen molar-refractivity contribution in [1.29, 1.82) is 0 Å². The number of hydrogen-bond acceptors (Lipinski definition) is 2. The molecule has 19 heavy (non-hydrogen) atoms. The highest BCUT2D eigenvalue weighted by atomic mass is 79.9. The summed E-state index contributed by atoms with van der Waals surface area (Å²) in [6.45, 7) is 0. The molecule has 1 aliphatic carbocycles. The topological polar surface area (TPSA) is 24.9 Å². The molecule has 0 fully saturated rings. The van der Waals surface area contributed by atoms with Crippen LogP contribution in [0.25, 0.3) is 0 Å². The Kier molecular flexibility index (Phi) is 3.67. The van der Waals surface area contributed by atoms with Crippen LogP contribution >= 0.6 is 15.9 Å². The fraction of sp³-hybridized carbons (Fsp3) is 0.312. The Bertz CT molecular complexity index is 595. The lowest BCUT2D eigenvalue weighted by molar-refractivity contribution is 0.687. The third kappa shape index (κ3) is 2.58. The largest absolute Gasteiger partial charge is 0.309 e. The van der Waals surface area contributed by atoms with Gasteiger partial charge in [0.1, 0.15) is 0 Å². The number of rotatable bonds is 3. The van der Waals surface area contributed by atoms with E-state index in [1.54, 1.807) is 0 Å². The van der Waals surface area contributed by atoms with Crippen molar-refractivity contribution < 1.29 is 0 Å². The summed E-state index contributed by atoms with van der Waals surface area (Å²) < 4.78 is 1.02. The van der Waals surface area contributed by atoms with Gasteiger partial charge in [0, 0.05) is 16.9 Å². The van der Waals surface area contributed by atoms with E-state index < -0.39 is 0 Å². The van der Waals surface area contributed by atoms with E-state index in [1.165, 1.54) is 41.5 Å². The Morgan fingerprint density at radius 1 is 1.11 bits per heavy atom. The lowest BCUT2D eigenvalue weighted by Gasteiger charge is -2.18. The van der Waals surface area contributed by atoms with Gasteiger partial charge in [-0.25, -0.2) is 0 Å². The van der Waals surface area contributed by atoms with Crippen molar-refractivity contribution in [2.75, 3.05) is 7.05 Å². The number of halogens is 1. The van der Waals surface area contributed by atoms with E-state index in [1.807, 2.05) is 19.4 Å². The highest BCUT2D eigenvalue weighted by Crippen LogP contribution is 2.28. The minimum absolute atomic E-state index is 0.205. The SMILES string of the molecule is CNC(c1cncc(Br)c1)c1ccc2c(c1)CCC2. The Balaban J connectivity index is 1.98. The first-order chi connectivity index (χ1) is 9.28. The predicted molar refractivity (Wildman–Crippen MR) is 81.3 cm³/mol. The number of nitrogens with zero attached hydrogens (tertiary/aromatic N) is 1. The van der Waals surface area contributed by atoms with E-state index in [0.717, 1.165) is 4.47 Å². The number of benzene rings is 1. The van der Waals surface area contributed by atoms with Crippen LogP contribution in [0.3, 0.4) is 0 Å². The first-order valence-corrected chi connectivity index (χ1v) is 7.46. The summed E-state index contributed by atoms with van der Waals surface area (Å²) in [7, 11) is 2.00. The van der Waals surface area contributed by atoms with Crippen molar-refractivity contribution in [3.8, 4) is 0 Å². The van der Waals surface area contributed by atoms with Gasteiger partial charge >= 0.3 is 0 Å². The molecular formula is C16H17BrN2. The molecule has 0 saturated carbocycles. The van der Waals surface area contributed by atoms with Crippen LogP contribution < -0.4 is 5.32 Å². The number of pyridine rings is 1. The van der Waals surface area contributed by atoms with Crippen molar-refractivity contribution in [3.05, 3.63) is 63.4 Å². The second kappa shape index (κ2) is 5.43. The molecule has 2 nitrogen and oxygen atoms in total.